The number of aryl methyl sites for hydroxylation is 1. The number of carbonyl (C=O) groups is 1. The van der Waals surface area contributed by atoms with Gasteiger partial charge in [-0.05, 0) is 72.3 Å². The first-order valence-corrected chi connectivity index (χ1v) is 12.2. The molecule has 5 heteroatoms. The Kier molecular flexibility index (Phi) is 6.77. The molecular formula is C30H24N2O2S. The summed E-state index contributed by atoms with van der Waals surface area (Å²) in [4.78, 5) is 20.5. The fourth-order valence-corrected chi connectivity index (χ4v) is 4.66. The van der Waals surface area contributed by atoms with Crippen LogP contribution >= 0.6 is 11.8 Å². The fourth-order valence-electron chi connectivity index (χ4n) is 3.66. The van der Waals surface area contributed by atoms with Gasteiger partial charge in [0, 0.05) is 0 Å². The molecule has 1 aliphatic rings. The van der Waals surface area contributed by atoms with Crippen LogP contribution in [0.4, 0.5) is 11.4 Å². The number of benzene rings is 4. The van der Waals surface area contributed by atoms with Crippen LogP contribution in [0.3, 0.4) is 0 Å². The van der Waals surface area contributed by atoms with Gasteiger partial charge in [-0.2, -0.15) is 0 Å². The van der Waals surface area contributed by atoms with E-state index in [1.165, 1.54) is 17.3 Å². The van der Waals surface area contributed by atoms with Crippen LogP contribution in [-0.4, -0.2) is 11.1 Å². The molecule has 0 spiro atoms. The SMILES string of the molecule is Cc1ccc(COc2cccc(/C=C3\SC(=Nc4ccccc4)N(c4ccccc4)C3=O)c2)cc1. The fraction of sp³-hybridized carbons (Fsp3) is 0.0667. The number of para-hydroxylation sites is 2. The number of nitrogens with zero attached hydrogens (tertiary/aromatic N) is 2. The van der Waals surface area contributed by atoms with Gasteiger partial charge in [-0.1, -0.05) is 78.4 Å². The maximum Gasteiger partial charge on any atom is 0.271 e. The van der Waals surface area contributed by atoms with Crippen LogP contribution in [0.2, 0.25) is 0 Å². The predicted molar refractivity (Wildman–Crippen MR) is 145 cm³/mol. The lowest BCUT2D eigenvalue weighted by Crippen LogP contribution is -2.28. The average Bonchev–Trinajstić information content (AvgIpc) is 3.19. The molecular weight excluding hydrogens is 452 g/mol. The van der Waals surface area contributed by atoms with Crippen molar-refractivity contribution in [3.63, 3.8) is 0 Å². The van der Waals surface area contributed by atoms with E-state index in [2.05, 4.69) is 31.2 Å². The second-order valence-corrected chi connectivity index (χ2v) is 9.17. The molecule has 1 heterocycles. The molecule has 0 saturated carbocycles. The lowest BCUT2D eigenvalue weighted by atomic mass is 10.1. The molecule has 35 heavy (non-hydrogen) atoms. The second kappa shape index (κ2) is 10.5. The highest BCUT2D eigenvalue weighted by Crippen LogP contribution is 2.37. The topological polar surface area (TPSA) is 41.9 Å². The normalized spacial score (nSPS) is 15.7. The summed E-state index contributed by atoms with van der Waals surface area (Å²) >= 11 is 1.38. The van der Waals surface area contributed by atoms with Gasteiger partial charge in [-0.3, -0.25) is 9.69 Å². The zero-order valence-electron chi connectivity index (χ0n) is 19.3. The third-order valence-corrected chi connectivity index (χ3v) is 6.45. The molecule has 0 aliphatic carbocycles. The van der Waals surface area contributed by atoms with E-state index >= 15 is 0 Å². The van der Waals surface area contributed by atoms with Crippen LogP contribution in [0.25, 0.3) is 6.08 Å². The summed E-state index contributed by atoms with van der Waals surface area (Å²) in [6, 6.07) is 35.4. The number of rotatable bonds is 6. The number of amides is 1. The monoisotopic (exact) mass is 476 g/mol. The third-order valence-electron chi connectivity index (χ3n) is 5.48. The van der Waals surface area contributed by atoms with Crippen LogP contribution in [0.1, 0.15) is 16.7 Å². The highest BCUT2D eigenvalue weighted by molar-refractivity contribution is 8.19. The number of amidine groups is 1. The van der Waals surface area contributed by atoms with Gasteiger partial charge in [-0.15, -0.1) is 0 Å². The highest BCUT2D eigenvalue weighted by atomic mass is 32.2. The van der Waals surface area contributed by atoms with Gasteiger partial charge in [-0.25, -0.2) is 4.99 Å². The molecule has 0 atom stereocenters. The molecule has 0 N–H and O–H groups in total. The van der Waals surface area contributed by atoms with Crippen LogP contribution in [0.5, 0.6) is 5.75 Å². The Labute approximate surface area is 209 Å². The molecule has 4 aromatic carbocycles. The van der Waals surface area contributed by atoms with Crippen molar-refractivity contribution in [3.8, 4) is 5.75 Å². The van der Waals surface area contributed by atoms with Gasteiger partial charge in [0.15, 0.2) is 5.17 Å². The highest BCUT2D eigenvalue weighted by Gasteiger charge is 2.34. The number of hydrogen-bond acceptors (Lipinski definition) is 4. The van der Waals surface area contributed by atoms with Crippen molar-refractivity contribution in [2.75, 3.05) is 4.90 Å². The molecule has 4 nitrogen and oxygen atoms in total. The van der Waals surface area contributed by atoms with E-state index in [1.54, 1.807) is 4.90 Å². The molecule has 1 amide bonds. The average molecular weight is 477 g/mol. The summed E-state index contributed by atoms with van der Waals surface area (Å²) in [6.45, 7) is 2.56. The summed E-state index contributed by atoms with van der Waals surface area (Å²) in [5, 5.41) is 0.630. The van der Waals surface area contributed by atoms with Gasteiger partial charge in [0.25, 0.3) is 5.91 Å². The third kappa shape index (κ3) is 5.53. The molecule has 0 bridgehead atoms. The molecule has 0 radical (unpaired) electrons. The summed E-state index contributed by atoms with van der Waals surface area (Å²) in [5.74, 6) is 0.662. The minimum absolute atomic E-state index is 0.0955. The summed E-state index contributed by atoms with van der Waals surface area (Å²) in [7, 11) is 0. The van der Waals surface area contributed by atoms with Crippen molar-refractivity contribution >= 4 is 40.3 Å². The van der Waals surface area contributed by atoms with Crippen molar-refractivity contribution in [2.24, 2.45) is 4.99 Å². The molecule has 0 unspecified atom stereocenters. The zero-order chi connectivity index (χ0) is 24.0. The number of hydrogen-bond donors (Lipinski definition) is 0. The number of thioether (sulfide) groups is 1. The minimum atomic E-state index is -0.0955. The molecule has 0 aromatic heterocycles. The lowest BCUT2D eigenvalue weighted by molar-refractivity contribution is -0.113. The molecule has 5 rings (SSSR count). The van der Waals surface area contributed by atoms with E-state index in [-0.39, 0.29) is 5.91 Å². The number of ether oxygens (including phenoxy) is 1. The maximum absolute atomic E-state index is 13.5. The Bertz CT molecular complexity index is 1380. The molecule has 1 saturated heterocycles. The molecule has 1 fully saturated rings. The van der Waals surface area contributed by atoms with Gasteiger partial charge in [0.05, 0.1) is 16.3 Å². The van der Waals surface area contributed by atoms with Crippen molar-refractivity contribution in [1.82, 2.24) is 0 Å². The zero-order valence-corrected chi connectivity index (χ0v) is 20.1. The van der Waals surface area contributed by atoms with Crippen molar-refractivity contribution in [1.29, 1.82) is 0 Å². The summed E-state index contributed by atoms with van der Waals surface area (Å²) < 4.78 is 6.00. The first-order chi connectivity index (χ1) is 17.2. The standard InChI is InChI=1S/C30H24N2O2S/c1-22-15-17-23(18-16-22)21-34-27-14-8-9-24(19-27)20-28-29(33)32(26-12-6-3-7-13-26)30(35-28)31-25-10-4-2-5-11-25/h2-20H,21H2,1H3/b28-20-,31-30?. The van der Waals surface area contributed by atoms with Crippen LogP contribution in [-0.2, 0) is 11.4 Å². The lowest BCUT2D eigenvalue weighted by Gasteiger charge is -2.15. The largest absolute Gasteiger partial charge is 0.489 e. The van der Waals surface area contributed by atoms with Gasteiger partial charge in [0.2, 0.25) is 0 Å². The Morgan fingerprint density at radius 2 is 1.57 bits per heavy atom. The molecule has 172 valence electrons. The van der Waals surface area contributed by atoms with E-state index in [4.69, 9.17) is 9.73 Å². The quantitative estimate of drug-likeness (QED) is 0.273. The Hall–Kier alpha value is -4.09. The van der Waals surface area contributed by atoms with Crippen molar-refractivity contribution in [3.05, 3.63) is 131 Å². The molecule has 4 aromatic rings. The Balaban J connectivity index is 1.41. The Morgan fingerprint density at radius 1 is 0.857 bits per heavy atom. The number of aliphatic imine (C=N–C) groups is 1. The van der Waals surface area contributed by atoms with E-state index < -0.39 is 0 Å². The van der Waals surface area contributed by atoms with Crippen molar-refractivity contribution in [2.45, 2.75) is 13.5 Å². The van der Waals surface area contributed by atoms with Gasteiger partial charge >= 0.3 is 0 Å². The minimum Gasteiger partial charge on any atom is -0.489 e. The number of carbonyl (C=O) groups excluding carboxylic acids is 1. The molecule has 1 aliphatic heterocycles. The first-order valence-electron chi connectivity index (χ1n) is 11.4. The predicted octanol–water partition coefficient (Wildman–Crippen LogP) is 7.38. The van der Waals surface area contributed by atoms with E-state index in [1.807, 2.05) is 91.0 Å². The maximum atomic E-state index is 13.5. The van der Waals surface area contributed by atoms with Crippen LogP contribution in [0, 0.1) is 6.92 Å². The summed E-state index contributed by atoms with van der Waals surface area (Å²) in [6.07, 6.45) is 1.90. The smallest absolute Gasteiger partial charge is 0.271 e. The second-order valence-electron chi connectivity index (χ2n) is 8.16. The van der Waals surface area contributed by atoms with E-state index in [0.29, 0.717) is 16.7 Å². The number of anilines is 1. The van der Waals surface area contributed by atoms with Gasteiger partial charge in [0.1, 0.15) is 12.4 Å². The van der Waals surface area contributed by atoms with E-state index in [9.17, 15) is 4.79 Å². The Morgan fingerprint density at radius 3 is 2.31 bits per heavy atom. The van der Waals surface area contributed by atoms with Crippen molar-refractivity contribution < 1.29 is 9.53 Å². The van der Waals surface area contributed by atoms with E-state index in [0.717, 1.165) is 28.3 Å². The summed E-state index contributed by atoms with van der Waals surface area (Å²) in [5.41, 5.74) is 4.83. The van der Waals surface area contributed by atoms with Crippen LogP contribution < -0.4 is 9.64 Å². The van der Waals surface area contributed by atoms with Gasteiger partial charge < -0.3 is 4.74 Å². The first kappa shape index (κ1) is 22.7. The van der Waals surface area contributed by atoms with Crippen LogP contribution in [0.15, 0.2) is 119 Å².